The summed E-state index contributed by atoms with van der Waals surface area (Å²) in [5.74, 6) is -0.0930. The lowest BCUT2D eigenvalue weighted by molar-refractivity contribution is 0.102. The third-order valence-electron chi connectivity index (χ3n) is 6.36. The fourth-order valence-corrected chi connectivity index (χ4v) is 4.25. The minimum atomic E-state index is -0.0930. The highest BCUT2D eigenvalue weighted by atomic mass is 16.1. The normalized spacial score (nSPS) is 15.3. The van der Waals surface area contributed by atoms with Gasteiger partial charge in [0.2, 0.25) is 0 Å². The number of amides is 1. The maximum Gasteiger partial charge on any atom is 0.255 e. The minimum absolute atomic E-state index is 0.0930. The van der Waals surface area contributed by atoms with Crippen molar-refractivity contribution >= 4 is 23.0 Å². The molecule has 0 saturated carbocycles. The zero-order valence-corrected chi connectivity index (χ0v) is 19.8. The van der Waals surface area contributed by atoms with Gasteiger partial charge in [0.15, 0.2) is 0 Å². The van der Waals surface area contributed by atoms with Crippen LogP contribution in [0.2, 0.25) is 0 Å². The molecular formula is C28H34N4O. The number of hydrogen-bond acceptors (Lipinski definition) is 4. The first-order valence-corrected chi connectivity index (χ1v) is 11.8. The summed E-state index contributed by atoms with van der Waals surface area (Å²) >= 11 is 0. The molecular weight excluding hydrogens is 408 g/mol. The maximum atomic E-state index is 12.7. The van der Waals surface area contributed by atoms with E-state index in [4.69, 9.17) is 0 Å². The number of carbonyl (C=O) groups is 1. The first-order chi connectivity index (χ1) is 16.0. The van der Waals surface area contributed by atoms with E-state index in [9.17, 15) is 4.79 Å². The Morgan fingerprint density at radius 1 is 0.758 bits per heavy atom. The van der Waals surface area contributed by atoms with Gasteiger partial charge in [-0.15, -0.1) is 0 Å². The highest BCUT2D eigenvalue weighted by Crippen LogP contribution is 2.22. The van der Waals surface area contributed by atoms with Gasteiger partial charge >= 0.3 is 0 Å². The van der Waals surface area contributed by atoms with Gasteiger partial charge in [-0.05, 0) is 74.9 Å². The van der Waals surface area contributed by atoms with Crippen molar-refractivity contribution < 1.29 is 4.79 Å². The summed E-state index contributed by atoms with van der Waals surface area (Å²) in [7, 11) is 0. The quantitative estimate of drug-likeness (QED) is 0.497. The molecule has 1 atom stereocenters. The number of anilines is 3. The van der Waals surface area contributed by atoms with E-state index in [1.165, 1.54) is 11.3 Å². The Morgan fingerprint density at radius 3 is 1.97 bits per heavy atom. The predicted molar refractivity (Wildman–Crippen MR) is 138 cm³/mol. The largest absolute Gasteiger partial charge is 0.379 e. The highest BCUT2D eigenvalue weighted by molar-refractivity contribution is 6.04. The maximum absolute atomic E-state index is 12.7. The van der Waals surface area contributed by atoms with Crippen LogP contribution in [0.1, 0.15) is 42.7 Å². The number of carbonyl (C=O) groups excluding carboxylic acids is 1. The van der Waals surface area contributed by atoms with E-state index in [-0.39, 0.29) is 11.9 Å². The molecule has 0 bridgehead atoms. The number of rotatable bonds is 7. The first kappa shape index (κ1) is 22.9. The Labute approximate surface area is 197 Å². The molecule has 33 heavy (non-hydrogen) atoms. The molecule has 1 heterocycles. The Bertz CT molecular complexity index is 1020. The number of nitrogens with one attached hydrogen (secondary N) is 2. The molecule has 3 aromatic carbocycles. The van der Waals surface area contributed by atoms with Gasteiger partial charge in [-0.1, -0.05) is 30.3 Å². The monoisotopic (exact) mass is 442 g/mol. The molecule has 0 aromatic heterocycles. The fourth-order valence-electron chi connectivity index (χ4n) is 4.25. The van der Waals surface area contributed by atoms with Gasteiger partial charge in [0, 0.05) is 60.9 Å². The topological polar surface area (TPSA) is 47.6 Å². The Morgan fingerprint density at radius 2 is 1.36 bits per heavy atom. The predicted octanol–water partition coefficient (Wildman–Crippen LogP) is 5.64. The Hall–Kier alpha value is -3.31. The van der Waals surface area contributed by atoms with Gasteiger partial charge in [0.1, 0.15) is 0 Å². The van der Waals surface area contributed by atoms with Gasteiger partial charge in [0.05, 0.1) is 0 Å². The molecule has 1 unspecified atom stereocenters. The van der Waals surface area contributed by atoms with E-state index in [1.54, 1.807) is 0 Å². The van der Waals surface area contributed by atoms with Gasteiger partial charge in [-0.2, -0.15) is 0 Å². The average Bonchev–Trinajstić information content (AvgIpc) is 2.86. The van der Waals surface area contributed by atoms with Crippen molar-refractivity contribution in [2.45, 2.75) is 32.9 Å². The molecule has 2 N–H and O–H groups in total. The third-order valence-corrected chi connectivity index (χ3v) is 6.36. The van der Waals surface area contributed by atoms with Crippen molar-refractivity contribution in [2.24, 2.45) is 0 Å². The highest BCUT2D eigenvalue weighted by Gasteiger charge is 2.19. The van der Waals surface area contributed by atoms with Crippen LogP contribution in [0, 0.1) is 0 Å². The molecule has 1 saturated heterocycles. The van der Waals surface area contributed by atoms with Crippen molar-refractivity contribution in [2.75, 3.05) is 41.7 Å². The molecule has 4 rings (SSSR count). The van der Waals surface area contributed by atoms with Crippen LogP contribution < -0.4 is 15.5 Å². The SMILES string of the molecule is CC(Nc1ccc(NC(=O)c2ccc(N3CCN(C(C)C)CC3)cc2)cc1)c1ccccc1. The minimum Gasteiger partial charge on any atom is -0.379 e. The van der Waals surface area contributed by atoms with Gasteiger partial charge < -0.3 is 15.5 Å². The average molecular weight is 443 g/mol. The van der Waals surface area contributed by atoms with Crippen molar-refractivity contribution in [1.29, 1.82) is 0 Å². The lowest BCUT2D eigenvalue weighted by Crippen LogP contribution is -2.48. The van der Waals surface area contributed by atoms with Crippen molar-refractivity contribution in [1.82, 2.24) is 4.90 Å². The summed E-state index contributed by atoms with van der Waals surface area (Å²) in [5, 5.41) is 6.50. The summed E-state index contributed by atoms with van der Waals surface area (Å²) in [6.07, 6.45) is 0. The number of nitrogens with zero attached hydrogens (tertiary/aromatic N) is 2. The lowest BCUT2D eigenvalue weighted by Gasteiger charge is -2.38. The van der Waals surface area contributed by atoms with E-state index < -0.39 is 0 Å². The summed E-state index contributed by atoms with van der Waals surface area (Å²) < 4.78 is 0. The van der Waals surface area contributed by atoms with E-state index in [1.807, 2.05) is 54.6 Å². The van der Waals surface area contributed by atoms with E-state index in [2.05, 4.69) is 65.5 Å². The second-order valence-corrected chi connectivity index (χ2v) is 8.97. The molecule has 172 valence electrons. The fraction of sp³-hybridized carbons (Fsp3) is 0.321. The Kier molecular flexibility index (Phi) is 7.30. The molecule has 5 heteroatoms. The third kappa shape index (κ3) is 5.93. The zero-order valence-electron chi connectivity index (χ0n) is 19.8. The van der Waals surface area contributed by atoms with E-state index in [0.29, 0.717) is 11.6 Å². The van der Waals surface area contributed by atoms with Crippen LogP contribution in [-0.4, -0.2) is 43.0 Å². The van der Waals surface area contributed by atoms with Crippen LogP contribution in [0.25, 0.3) is 0 Å². The molecule has 0 aliphatic carbocycles. The standard InChI is InChI=1S/C28H34N4O/c1-21(2)31-17-19-32(20-18-31)27-15-9-24(10-16-27)28(33)30-26-13-11-25(12-14-26)29-22(3)23-7-5-4-6-8-23/h4-16,21-22,29H,17-20H2,1-3H3,(H,30,33). The van der Waals surface area contributed by atoms with Crippen LogP contribution in [0.15, 0.2) is 78.9 Å². The second-order valence-electron chi connectivity index (χ2n) is 8.97. The Balaban J connectivity index is 1.31. The van der Waals surface area contributed by atoms with Gasteiger partial charge in [0.25, 0.3) is 5.91 Å². The number of piperazine rings is 1. The van der Waals surface area contributed by atoms with Crippen molar-refractivity contribution in [3.63, 3.8) is 0 Å². The van der Waals surface area contributed by atoms with Gasteiger partial charge in [-0.25, -0.2) is 0 Å². The van der Waals surface area contributed by atoms with Gasteiger partial charge in [-0.3, -0.25) is 9.69 Å². The molecule has 1 amide bonds. The molecule has 3 aromatic rings. The van der Waals surface area contributed by atoms with Crippen LogP contribution in [-0.2, 0) is 0 Å². The first-order valence-electron chi connectivity index (χ1n) is 11.8. The number of hydrogen-bond donors (Lipinski definition) is 2. The molecule has 1 aliphatic heterocycles. The molecule has 1 fully saturated rings. The molecule has 0 spiro atoms. The molecule has 5 nitrogen and oxygen atoms in total. The smallest absolute Gasteiger partial charge is 0.255 e. The summed E-state index contributed by atoms with van der Waals surface area (Å²) in [6, 6.07) is 26.9. The second kappa shape index (κ2) is 10.5. The van der Waals surface area contributed by atoms with Crippen LogP contribution >= 0.6 is 0 Å². The van der Waals surface area contributed by atoms with Crippen LogP contribution in [0.5, 0.6) is 0 Å². The zero-order chi connectivity index (χ0) is 23.2. The van der Waals surface area contributed by atoms with E-state index in [0.717, 1.165) is 37.6 Å². The number of benzene rings is 3. The summed E-state index contributed by atoms with van der Waals surface area (Å²) in [5.41, 5.74) is 4.88. The summed E-state index contributed by atoms with van der Waals surface area (Å²) in [6.45, 7) is 10.8. The molecule has 0 radical (unpaired) electrons. The van der Waals surface area contributed by atoms with Crippen LogP contribution in [0.3, 0.4) is 0 Å². The van der Waals surface area contributed by atoms with Crippen molar-refractivity contribution in [3.8, 4) is 0 Å². The molecule has 1 aliphatic rings. The van der Waals surface area contributed by atoms with E-state index >= 15 is 0 Å². The van der Waals surface area contributed by atoms with Crippen molar-refractivity contribution in [3.05, 3.63) is 90.0 Å². The van der Waals surface area contributed by atoms with Crippen LogP contribution in [0.4, 0.5) is 17.1 Å². The lowest BCUT2D eigenvalue weighted by atomic mass is 10.1. The summed E-state index contributed by atoms with van der Waals surface area (Å²) in [4.78, 5) is 17.6.